The molecule has 4 unspecified atom stereocenters. The molecule has 0 bridgehead atoms. The van der Waals surface area contributed by atoms with Crippen LogP contribution in [0.3, 0.4) is 0 Å². The molecule has 0 aliphatic carbocycles. The molecule has 3 heterocycles. The highest BCUT2D eigenvalue weighted by atomic mass is 32.1. The maximum absolute atomic E-state index is 13.1. The quantitative estimate of drug-likeness (QED) is 0.101. The number of nitrogens with one attached hydrogen (secondary N) is 6. The van der Waals surface area contributed by atoms with Gasteiger partial charge in [0.25, 0.3) is 0 Å². The van der Waals surface area contributed by atoms with Crippen molar-refractivity contribution in [2.45, 2.75) is 43.4 Å². The van der Waals surface area contributed by atoms with Crippen LogP contribution in [0.5, 0.6) is 0 Å². The van der Waals surface area contributed by atoms with Crippen molar-refractivity contribution in [2.75, 3.05) is 5.75 Å². The molecule has 0 spiro atoms. The summed E-state index contributed by atoms with van der Waals surface area (Å²) in [5, 5.41) is 17.1. The molecule has 3 aromatic rings. The summed E-state index contributed by atoms with van der Waals surface area (Å²) in [5.74, 6) is -3.37. The first-order valence-electron chi connectivity index (χ1n) is 11.2. The number of aliphatic carboxylic acids is 1. The number of thiol groups is 1. The predicted molar refractivity (Wildman–Crippen MR) is 132 cm³/mol. The van der Waals surface area contributed by atoms with Crippen molar-refractivity contribution in [1.29, 1.82) is 0 Å². The van der Waals surface area contributed by atoms with Gasteiger partial charge in [-0.25, -0.2) is 19.7 Å². The van der Waals surface area contributed by atoms with Gasteiger partial charge in [-0.3, -0.25) is 14.4 Å². The van der Waals surface area contributed by atoms with E-state index in [1.807, 2.05) is 0 Å². The van der Waals surface area contributed by atoms with Crippen molar-refractivity contribution >= 4 is 36.3 Å². The van der Waals surface area contributed by atoms with E-state index >= 15 is 0 Å². The number of carbonyl (C=O) groups excluding carboxylic acids is 3. The number of imidazole rings is 3. The minimum atomic E-state index is -1.28. The van der Waals surface area contributed by atoms with Crippen LogP contribution < -0.4 is 21.7 Å². The maximum atomic E-state index is 13.1. The summed E-state index contributed by atoms with van der Waals surface area (Å²) in [6.07, 6.45) is 8.82. The third kappa shape index (κ3) is 8.18. The predicted octanol–water partition coefficient (Wildman–Crippen LogP) is -2.32. The Bertz CT molecular complexity index is 1150. The molecule has 198 valence electrons. The first-order chi connectivity index (χ1) is 17.8. The summed E-state index contributed by atoms with van der Waals surface area (Å²) in [4.78, 5) is 70.4. The number of carboxylic acid groups (broad SMARTS) is 1. The summed E-state index contributed by atoms with van der Waals surface area (Å²) < 4.78 is 0. The van der Waals surface area contributed by atoms with E-state index in [2.05, 4.69) is 58.5 Å². The van der Waals surface area contributed by atoms with Crippen molar-refractivity contribution in [2.24, 2.45) is 5.73 Å². The molecule has 3 amide bonds. The molecule has 4 atom stereocenters. The van der Waals surface area contributed by atoms with E-state index in [1.54, 1.807) is 0 Å². The molecule has 37 heavy (non-hydrogen) atoms. The number of carboxylic acids is 1. The number of hydrogen-bond donors (Lipinski definition) is 9. The number of aromatic nitrogens is 6. The van der Waals surface area contributed by atoms with Crippen LogP contribution in [0, 0.1) is 0 Å². The maximum Gasteiger partial charge on any atom is 0.326 e. The Kier molecular flexibility index (Phi) is 9.79. The number of nitrogens with zero attached hydrogens (tertiary/aromatic N) is 3. The molecule has 0 saturated carbocycles. The van der Waals surface area contributed by atoms with Crippen LogP contribution in [-0.4, -0.2) is 88.6 Å². The number of rotatable bonds is 14. The fourth-order valence-corrected chi connectivity index (χ4v) is 3.64. The van der Waals surface area contributed by atoms with Gasteiger partial charge >= 0.3 is 5.97 Å². The SMILES string of the molecule is NC(Cc1cnc[nH]1)C(=O)NC(CS)C(=O)NC(Cc1cnc[nH]1)C(=O)NC(Cc1cnc[nH]1)C(=O)O. The molecule has 0 aromatic carbocycles. The lowest BCUT2D eigenvalue weighted by atomic mass is 10.1. The third-order valence-electron chi connectivity index (χ3n) is 5.35. The molecule has 9 N–H and O–H groups in total. The van der Waals surface area contributed by atoms with Crippen LogP contribution in [0.15, 0.2) is 37.6 Å². The summed E-state index contributed by atoms with van der Waals surface area (Å²) in [5.41, 5.74) is 7.61. The van der Waals surface area contributed by atoms with Gasteiger partial charge in [0.1, 0.15) is 18.1 Å². The lowest BCUT2D eigenvalue weighted by molar-refractivity contribution is -0.142. The van der Waals surface area contributed by atoms with Gasteiger partial charge in [0, 0.05) is 60.7 Å². The zero-order valence-electron chi connectivity index (χ0n) is 19.5. The second-order valence-electron chi connectivity index (χ2n) is 8.15. The van der Waals surface area contributed by atoms with Gasteiger partial charge in [0.2, 0.25) is 17.7 Å². The van der Waals surface area contributed by atoms with E-state index in [4.69, 9.17) is 5.73 Å². The Morgan fingerprint density at radius 1 is 0.757 bits per heavy atom. The van der Waals surface area contributed by atoms with Crippen LogP contribution >= 0.6 is 12.6 Å². The monoisotopic (exact) mass is 532 g/mol. The van der Waals surface area contributed by atoms with Crippen molar-refractivity contribution in [3.63, 3.8) is 0 Å². The van der Waals surface area contributed by atoms with Gasteiger partial charge in [0.05, 0.1) is 25.0 Å². The number of carbonyl (C=O) groups is 4. The minimum Gasteiger partial charge on any atom is -0.480 e. The lowest BCUT2D eigenvalue weighted by Gasteiger charge is -2.24. The summed E-state index contributed by atoms with van der Waals surface area (Å²) in [7, 11) is 0. The smallest absolute Gasteiger partial charge is 0.326 e. The van der Waals surface area contributed by atoms with E-state index < -0.39 is 47.9 Å². The second kappa shape index (κ2) is 13.2. The summed E-state index contributed by atoms with van der Waals surface area (Å²) in [6, 6.07) is -4.54. The lowest BCUT2D eigenvalue weighted by Crippen LogP contribution is -2.58. The van der Waals surface area contributed by atoms with Crippen molar-refractivity contribution in [3.8, 4) is 0 Å². The molecule has 0 radical (unpaired) electrons. The highest BCUT2D eigenvalue weighted by Gasteiger charge is 2.30. The van der Waals surface area contributed by atoms with Crippen LogP contribution in [-0.2, 0) is 38.4 Å². The van der Waals surface area contributed by atoms with Crippen molar-refractivity contribution in [1.82, 2.24) is 45.9 Å². The molecule has 0 fully saturated rings. The van der Waals surface area contributed by atoms with E-state index in [0.29, 0.717) is 17.1 Å². The fourth-order valence-electron chi connectivity index (χ4n) is 3.39. The molecule has 0 saturated heterocycles. The van der Waals surface area contributed by atoms with Crippen molar-refractivity contribution < 1.29 is 24.3 Å². The Balaban J connectivity index is 1.67. The Labute approximate surface area is 216 Å². The highest BCUT2D eigenvalue weighted by molar-refractivity contribution is 7.80. The minimum absolute atomic E-state index is 0.0133. The first-order valence-corrected chi connectivity index (χ1v) is 11.8. The zero-order chi connectivity index (χ0) is 26.8. The van der Waals surface area contributed by atoms with Gasteiger partial charge < -0.3 is 41.7 Å². The number of amides is 3. The van der Waals surface area contributed by atoms with Crippen LogP contribution in [0.1, 0.15) is 17.1 Å². The van der Waals surface area contributed by atoms with E-state index in [0.717, 1.165) is 0 Å². The van der Waals surface area contributed by atoms with Gasteiger partial charge in [-0.2, -0.15) is 12.6 Å². The molecule has 0 aliphatic rings. The largest absolute Gasteiger partial charge is 0.480 e. The Hall–Kier alpha value is -4.18. The van der Waals surface area contributed by atoms with Gasteiger partial charge in [-0.05, 0) is 0 Å². The normalized spacial score (nSPS) is 14.2. The average Bonchev–Trinajstić information content (AvgIpc) is 3.65. The molecule has 15 nitrogen and oxygen atoms in total. The number of nitrogens with two attached hydrogens (primary N) is 1. The zero-order valence-corrected chi connectivity index (χ0v) is 20.4. The van der Waals surface area contributed by atoms with Gasteiger partial charge in [-0.1, -0.05) is 0 Å². The fraction of sp³-hybridized carbons (Fsp3) is 0.381. The summed E-state index contributed by atoms with van der Waals surface area (Å²) in [6.45, 7) is 0. The standard InChI is InChI=1S/C21H28N10O5S/c22-14(1-11-4-23-8-26-11)18(32)31-17(7-37)20(34)29-15(2-12-5-24-9-27-12)19(33)30-16(21(35)36)3-13-6-25-10-28-13/h4-6,8-10,14-17,37H,1-3,7,22H2,(H,23,26)(H,24,27)(H,25,28)(H,29,34)(H,30,33)(H,31,32)(H,35,36). The Morgan fingerprint density at radius 3 is 1.65 bits per heavy atom. The highest BCUT2D eigenvalue weighted by Crippen LogP contribution is 2.05. The molecular formula is C21H28N10O5S. The third-order valence-corrected chi connectivity index (χ3v) is 5.72. The van der Waals surface area contributed by atoms with Crippen LogP contribution in [0.25, 0.3) is 0 Å². The summed E-state index contributed by atoms with van der Waals surface area (Å²) >= 11 is 4.15. The second-order valence-corrected chi connectivity index (χ2v) is 8.52. The Morgan fingerprint density at radius 2 is 1.19 bits per heavy atom. The molecular weight excluding hydrogens is 504 g/mol. The number of H-pyrrole nitrogens is 3. The molecule has 3 aromatic heterocycles. The first kappa shape index (κ1) is 27.4. The topological polar surface area (TPSA) is 237 Å². The van der Waals surface area contributed by atoms with E-state index in [1.165, 1.54) is 37.6 Å². The van der Waals surface area contributed by atoms with E-state index in [-0.39, 0.29) is 25.0 Å². The molecule has 0 aliphatic heterocycles. The van der Waals surface area contributed by atoms with Crippen LogP contribution in [0.2, 0.25) is 0 Å². The number of aromatic amines is 3. The van der Waals surface area contributed by atoms with Gasteiger partial charge in [-0.15, -0.1) is 0 Å². The van der Waals surface area contributed by atoms with Crippen molar-refractivity contribution in [3.05, 3.63) is 54.7 Å². The van der Waals surface area contributed by atoms with Gasteiger partial charge in [0.15, 0.2) is 0 Å². The average molecular weight is 533 g/mol. The molecule has 16 heteroatoms. The van der Waals surface area contributed by atoms with Crippen LogP contribution in [0.4, 0.5) is 0 Å². The van der Waals surface area contributed by atoms with E-state index in [9.17, 15) is 24.3 Å². The number of hydrogen-bond acceptors (Lipinski definition) is 9. The molecule has 3 rings (SSSR count).